The van der Waals surface area contributed by atoms with Crippen LogP contribution in [-0.4, -0.2) is 30.9 Å². The molecule has 1 aliphatic heterocycles. The van der Waals surface area contributed by atoms with E-state index in [4.69, 9.17) is 18.9 Å². The largest absolute Gasteiger partial charge is 0.490 e. The van der Waals surface area contributed by atoms with E-state index in [1.54, 1.807) is 18.2 Å². The summed E-state index contributed by atoms with van der Waals surface area (Å²) in [7, 11) is 0. The zero-order valence-electron chi connectivity index (χ0n) is 18.3. The molecule has 0 amide bonds. The first-order valence-electron chi connectivity index (χ1n) is 11.2. The molecule has 32 heavy (non-hydrogen) atoms. The maximum absolute atomic E-state index is 12.6. The lowest BCUT2D eigenvalue weighted by molar-refractivity contribution is -0.244. The number of benzene rings is 2. The van der Waals surface area contributed by atoms with Crippen molar-refractivity contribution in [1.82, 2.24) is 0 Å². The van der Waals surface area contributed by atoms with Crippen LogP contribution in [0.4, 0.5) is 0 Å². The summed E-state index contributed by atoms with van der Waals surface area (Å²) in [4.78, 5) is 25.2. The topological polar surface area (TPSA) is 71.1 Å². The Labute approximate surface area is 188 Å². The Morgan fingerprint density at radius 3 is 2.31 bits per heavy atom. The van der Waals surface area contributed by atoms with Crippen LogP contribution in [0.25, 0.3) is 6.08 Å². The lowest BCUT2D eigenvalue weighted by Crippen LogP contribution is -2.47. The summed E-state index contributed by atoms with van der Waals surface area (Å²) in [5.74, 6) is -1.19. The monoisotopic (exact) mass is 436 g/mol. The van der Waals surface area contributed by atoms with Gasteiger partial charge in [-0.05, 0) is 49.1 Å². The summed E-state index contributed by atoms with van der Waals surface area (Å²) < 4.78 is 22.8. The lowest BCUT2D eigenvalue weighted by Gasteiger charge is -2.38. The van der Waals surface area contributed by atoms with Crippen LogP contribution in [-0.2, 0) is 25.5 Å². The number of ether oxygens (including phenoxy) is 4. The first-order chi connectivity index (χ1) is 15.6. The quantitative estimate of drug-likeness (QED) is 0.351. The Morgan fingerprint density at radius 2 is 1.62 bits per heavy atom. The third-order valence-corrected chi connectivity index (χ3v) is 5.68. The highest BCUT2D eigenvalue weighted by atomic mass is 16.7. The van der Waals surface area contributed by atoms with Crippen molar-refractivity contribution in [2.45, 2.75) is 51.2 Å². The average Bonchev–Trinajstić information content (AvgIpc) is 2.79. The molecule has 2 aromatic rings. The van der Waals surface area contributed by atoms with Crippen LogP contribution < -0.4 is 9.47 Å². The smallest absolute Gasteiger partial charge is 0.348 e. The minimum absolute atomic E-state index is 0.110. The van der Waals surface area contributed by atoms with Crippen LogP contribution >= 0.6 is 0 Å². The van der Waals surface area contributed by atoms with Gasteiger partial charge in [-0.15, -0.1) is 0 Å². The van der Waals surface area contributed by atoms with Gasteiger partial charge < -0.3 is 18.9 Å². The first-order valence-corrected chi connectivity index (χ1v) is 11.2. The molecular weight excluding hydrogens is 408 g/mol. The standard InChI is InChI=1S/C26H28O6/c1-2-29-23-18-20(11-12-22(23)30-16-13-19-9-5-3-6-10-19)17-21-24(27)31-26(32-25(21)28)14-7-4-8-15-26/h3,5-6,9-12,17-18H,2,4,7-8,13-16H2,1H3. The maximum atomic E-state index is 12.6. The minimum Gasteiger partial charge on any atom is -0.490 e. The van der Waals surface area contributed by atoms with Gasteiger partial charge in [0.2, 0.25) is 0 Å². The van der Waals surface area contributed by atoms with E-state index >= 15 is 0 Å². The van der Waals surface area contributed by atoms with Crippen molar-refractivity contribution in [2.24, 2.45) is 0 Å². The van der Waals surface area contributed by atoms with E-state index < -0.39 is 17.7 Å². The van der Waals surface area contributed by atoms with E-state index in [1.807, 2.05) is 25.1 Å². The molecule has 6 heteroatoms. The molecular formula is C26H28O6. The van der Waals surface area contributed by atoms with Crippen molar-refractivity contribution in [1.29, 1.82) is 0 Å². The van der Waals surface area contributed by atoms with Crippen LogP contribution in [0.2, 0.25) is 0 Å². The molecule has 1 spiro atoms. The normalized spacial score (nSPS) is 17.5. The molecule has 1 saturated carbocycles. The number of carbonyl (C=O) groups is 2. The molecule has 1 aliphatic carbocycles. The highest BCUT2D eigenvalue weighted by Gasteiger charge is 2.46. The van der Waals surface area contributed by atoms with Gasteiger partial charge in [0.1, 0.15) is 5.57 Å². The number of hydrogen-bond donors (Lipinski definition) is 0. The van der Waals surface area contributed by atoms with Gasteiger partial charge in [0.05, 0.1) is 13.2 Å². The van der Waals surface area contributed by atoms with Crippen LogP contribution in [0, 0.1) is 0 Å². The van der Waals surface area contributed by atoms with E-state index in [1.165, 1.54) is 11.6 Å². The Kier molecular flexibility index (Phi) is 6.78. The van der Waals surface area contributed by atoms with Crippen LogP contribution in [0.1, 0.15) is 50.2 Å². The lowest BCUT2D eigenvalue weighted by atomic mass is 9.93. The summed E-state index contributed by atoms with van der Waals surface area (Å²) in [6.07, 6.45) is 6.18. The molecule has 0 aromatic heterocycles. The third-order valence-electron chi connectivity index (χ3n) is 5.68. The molecule has 1 saturated heterocycles. The fourth-order valence-corrected chi connectivity index (χ4v) is 4.06. The van der Waals surface area contributed by atoms with Gasteiger partial charge in [0, 0.05) is 19.3 Å². The van der Waals surface area contributed by atoms with Crippen molar-refractivity contribution in [3.05, 3.63) is 65.2 Å². The summed E-state index contributed by atoms with van der Waals surface area (Å²) in [6.45, 7) is 2.85. The predicted molar refractivity (Wildman–Crippen MR) is 119 cm³/mol. The molecule has 6 nitrogen and oxygen atoms in total. The van der Waals surface area contributed by atoms with Gasteiger partial charge in [0.25, 0.3) is 5.79 Å². The Morgan fingerprint density at radius 1 is 0.906 bits per heavy atom. The molecule has 0 radical (unpaired) electrons. The fraction of sp³-hybridized carbons (Fsp3) is 0.385. The molecule has 0 N–H and O–H groups in total. The SMILES string of the molecule is CCOc1cc(C=C2C(=O)OC3(CCCCC3)OC2=O)ccc1OCCc1ccccc1. The van der Waals surface area contributed by atoms with Crippen LogP contribution in [0.5, 0.6) is 11.5 Å². The molecule has 2 aromatic carbocycles. The second kappa shape index (κ2) is 9.90. The molecule has 2 aliphatic rings. The molecule has 0 bridgehead atoms. The Balaban J connectivity index is 1.47. The van der Waals surface area contributed by atoms with Gasteiger partial charge in [0.15, 0.2) is 11.5 Å². The maximum Gasteiger partial charge on any atom is 0.348 e. The fourth-order valence-electron chi connectivity index (χ4n) is 4.06. The number of esters is 2. The van der Waals surface area contributed by atoms with Crippen LogP contribution in [0.15, 0.2) is 54.1 Å². The van der Waals surface area contributed by atoms with E-state index in [0.29, 0.717) is 43.1 Å². The summed E-state index contributed by atoms with van der Waals surface area (Å²) in [5, 5.41) is 0. The third kappa shape index (κ3) is 5.13. The average molecular weight is 437 g/mol. The van der Waals surface area contributed by atoms with Gasteiger partial charge in [-0.3, -0.25) is 0 Å². The Hall–Kier alpha value is -3.28. The summed E-state index contributed by atoms with van der Waals surface area (Å²) >= 11 is 0. The Bertz CT molecular complexity index is 967. The number of hydrogen-bond acceptors (Lipinski definition) is 6. The zero-order valence-corrected chi connectivity index (χ0v) is 18.3. The van der Waals surface area contributed by atoms with E-state index in [9.17, 15) is 9.59 Å². The highest BCUT2D eigenvalue weighted by molar-refractivity contribution is 6.18. The van der Waals surface area contributed by atoms with Crippen molar-refractivity contribution >= 4 is 18.0 Å². The number of rotatable bonds is 7. The van der Waals surface area contributed by atoms with Gasteiger partial charge >= 0.3 is 11.9 Å². The number of carbonyl (C=O) groups excluding carboxylic acids is 2. The predicted octanol–water partition coefficient (Wildman–Crippen LogP) is 4.85. The van der Waals surface area contributed by atoms with Crippen molar-refractivity contribution in [3.8, 4) is 11.5 Å². The van der Waals surface area contributed by atoms with Crippen molar-refractivity contribution in [3.63, 3.8) is 0 Å². The van der Waals surface area contributed by atoms with Crippen molar-refractivity contribution < 1.29 is 28.5 Å². The van der Waals surface area contributed by atoms with Gasteiger partial charge in [-0.25, -0.2) is 9.59 Å². The van der Waals surface area contributed by atoms with Gasteiger partial charge in [-0.1, -0.05) is 42.8 Å². The summed E-state index contributed by atoms with van der Waals surface area (Å²) in [5.41, 5.74) is 1.71. The van der Waals surface area contributed by atoms with E-state index in [-0.39, 0.29) is 5.57 Å². The van der Waals surface area contributed by atoms with Crippen molar-refractivity contribution in [2.75, 3.05) is 13.2 Å². The molecule has 1 heterocycles. The molecule has 0 unspecified atom stereocenters. The van der Waals surface area contributed by atoms with E-state index in [2.05, 4.69) is 12.1 Å². The van der Waals surface area contributed by atoms with Crippen LogP contribution in [0.3, 0.4) is 0 Å². The minimum atomic E-state index is -1.09. The zero-order chi connectivity index (χ0) is 22.4. The van der Waals surface area contributed by atoms with E-state index in [0.717, 1.165) is 25.7 Å². The molecule has 2 fully saturated rings. The molecule has 168 valence electrons. The molecule has 0 atom stereocenters. The second-order valence-corrected chi connectivity index (χ2v) is 8.03. The summed E-state index contributed by atoms with van der Waals surface area (Å²) in [6, 6.07) is 15.4. The first kappa shape index (κ1) is 21.9. The molecule has 4 rings (SSSR count). The highest BCUT2D eigenvalue weighted by Crippen LogP contribution is 2.37. The van der Waals surface area contributed by atoms with Gasteiger partial charge in [-0.2, -0.15) is 0 Å². The second-order valence-electron chi connectivity index (χ2n) is 8.03.